The second kappa shape index (κ2) is 5.34. The zero-order valence-corrected chi connectivity index (χ0v) is 9.34. The van der Waals surface area contributed by atoms with Crippen LogP contribution in [-0.2, 0) is 9.53 Å². The number of hydrogen-bond donors (Lipinski definition) is 0. The Bertz CT molecular complexity index is 249. The SMILES string of the molecule is O=C(OC1=CCCCC1)C1CCCCC1. The Morgan fingerprint density at radius 2 is 1.93 bits per heavy atom. The highest BCUT2D eigenvalue weighted by molar-refractivity contribution is 5.73. The number of ether oxygens (including phenoxy) is 1. The standard InChI is InChI=1S/C13H20O2/c14-13(11-7-3-1-4-8-11)15-12-9-5-2-6-10-12/h9,11H,1-8,10H2. The van der Waals surface area contributed by atoms with E-state index in [-0.39, 0.29) is 11.9 Å². The minimum atomic E-state index is 0.0304. The van der Waals surface area contributed by atoms with Gasteiger partial charge in [0.25, 0.3) is 0 Å². The van der Waals surface area contributed by atoms with Crippen molar-refractivity contribution in [3.8, 4) is 0 Å². The zero-order valence-electron chi connectivity index (χ0n) is 9.34. The van der Waals surface area contributed by atoms with Gasteiger partial charge in [0.15, 0.2) is 0 Å². The molecule has 2 nitrogen and oxygen atoms in total. The van der Waals surface area contributed by atoms with Gasteiger partial charge in [0.2, 0.25) is 0 Å². The number of carbonyl (C=O) groups excluding carboxylic acids is 1. The molecule has 2 aliphatic rings. The maximum atomic E-state index is 11.8. The fourth-order valence-electron chi connectivity index (χ4n) is 2.45. The largest absolute Gasteiger partial charge is 0.431 e. The van der Waals surface area contributed by atoms with E-state index >= 15 is 0 Å². The van der Waals surface area contributed by atoms with Gasteiger partial charge in [-0.3, -0.25) is 4.79 Å². The molecule has 84 valence electrons. The zero-order chi connectivity index (χ0) is 10.5. The van der Waals surface area contributed by atoms with Crippen LogP contribution in [0.15, 0.2) is 11.8 Å². The summed E-state index contributed by atoms with van der Waals surface area (Å²) in [6, 6.07) is 0. The van der Waals surface area contributed by atoms with E-state index in [0.717, 1.165) is 31.4 Å². The van der Waals surface area contributed by atoms with Crippen molar-refractivity contribution in [2.75, 3.05) is 0 Å². The van der Waals surface area contributed by atoms with Gasteiger partial charge in [-0.25, -0.2) is 0 Å². The summed E-state index contributed by atoms with van der Waals surface area (Å²) in [6.45, 7) is 0. The first-order chi connectivity index (χ1) is 7.36. The molecule has 1 saturated carbocycles. The molecule has 1 fully saturated rings. The van der Waals surface area contributed by atoms with Gasteiger partial charge < -0.3 is 4.74 Å². The third kappa shape index (κ3) is 3.08. The van der Waals surface area contributed by atoms with Crippen molar-refractivity contribution in [1.29, 1.82) is 0 Å². The smallest absolute Gasteiger partial charge is 0.313 e. The molecule has 0 aromatic carbocycles. The molecule has 2 rings (SSSR count). The van der Waals surface area contributed by atoms with Crippen LogP contribution in [0.1, 0.15) is 57.8 Å². The van der Waals surface area contributed by atoms with E-state index in [1.807, 2.05) is 0 Å². The van der Waals surface area contributed by atoms with E-state index in [2.05, 4.69) is 6.08 Å². The van der Waals surface area contributed by atoms with Gasteiger partial charge in [-0.05, 0) is 38.2 Å². The predicted molar refractivity (Wildman–Crippen MR) is 59.2 cm³/mol. The first-order valence-corrected chi connectivity index (χ1v) is 6.27. The van der Waals surface area contributed by atoms with Crippen molar-refractivity contribution in [2.45, 2.75) is 57.8 Å². The van der Waals surface area contributed by atoms with Crippen LogP contribution in [0, 0.1) is 5.92 Å². The van der Waals surface area contributed by atoms with Crippen molar-refractivity contribution in [3.05, 3.63) is 11.8 Å². The van der Waals surface area contributed by atoms with Gasteiger partial charge >= 0.3 is 5.97 Å². The summed E-state index contributed by atoms with van der Waals surface area (Å²) in [5, 5.41) is 0. The van der Waals surface area contributed by atoms with E-state index in [1.165, 1.54) is 32.1 Å². The lowest BCUT2D eigenvalue weighted by molar-refractivity contribution is -0.145. The molecule has 0 atom stereocenters. The molecule has 0 aliphatic heterocycles. The molecule has 0 aromatic rings. The third-order valence-corrected chi connectivity index (χ3v) is 3.42. The van der Waals surface area contributed by atoms with Crippen molar-refractivity contribution in [1.82, 2.24) is 0 Å². The Kier molecular flexibility index (Phi) is 3.81. The van der Waals surface area contributed by atoms with Gasteiger partial charge in [-0.1, -0.05) is 19.3 Å². The summed E-state index contributed by atoms with van der Waals surface area (Å²) in [5.74, 6) is 1.14. The van der Waals surface area contributed by atoms with Crippen LogP contribution in [0.25, 0.3) is 0 Å². The molecule has 0 spiro atoms. The highest BCUT2D eigenvalue weighted by Crippen LogP contribution is 2.27. The van der Waals surface area contributed by atoms with Gasteiger partial charge in [-0.2, -0.15) is 0 Å². The van der Waals surface area contributed by atoms with E-state index in [4.69, 9.17) is 4.74 Å². The van der Waals surface area contributed by atoms with Gasteiger partial charge in [0.05, 0.1) is 5.92 Å². The average Bonchev–Trinajstić information content (AvgIpc) is 2.31. The van der Waals surface area contributed by atoms with Crippen LogP contribution < -0.4 is 0 Å². The lowest BCUT2D eigenvalue weighted by atomic mass is 9.89. The predicted octanol–water partition coefficient (Wildman–Crippen LogP) is 3.57. The fourth-order valence-corrected chi connectivity index (χ4v) is 2.45. The Morgan fingerprint density at radius 3 is 2.60 bits per heavy atom. The maximum Gasteiger partial charge on any atom is 0.313 e. The van der Waals surface area contributed by atoms with Crippen LogP contribution in [0.2, 0.25) is 0 Å². The molecule has 0 saturated heterocycles. The quantitative estimate of drug-likeness (QED) is 0.648. The molecule has 2 aliphatic carbocycles. The van der Waals surface area contributed by atoms with Gasteiger partial charge in [0.1, 0.15) is 5.76 Å². The lowest BCUT2D eigenvalue weighted by Gasteiger charge is -2.21. The molecule has 15 heavy (non-hydrogen) atoms. The molecular weight excluding hydrogens is 188 g/mol. The molecule has 0 heterocycles. The van der Waals surface area contributed by atoms with Crippen molar-refractivity contribution in [2.24, 2.45) is 5.92 Å². The Hall–Kier alpha value is -0.790. The third-order valence-electron chi connectivity index (χ3n) is 3.42. The molecular formula is C13H20O2. The van der Waals surface area contributed by atoms with E-state index in [0.29, 0.717) is 0 Å². The molecule has 2 heteroatoms. The number of esters is 1. The van der Waals surface area contributed by atoms with E-state index in [9.17, 15) is 4.79 Å². The Morgan fingerprint density at radius 1 is 1.13 bits per heavy atom. The lowest BCUT2D eigenvalue weighted by Crippen LogP contribution is -2.20. The summed E-state index contributed by atoms with van der Waals surface area (Å²) in [6.07, 6.45) is 12.3. The van der Waals surface area contributed by atoms with Crippen LogP contribution in [-0.4, -0.2) is 5.97 Å². The number of hydrogen-bond acceptors (Lipinski definition) is 2. The molecule has 0 unspecified atom stereocenters. The van der Waals surface area contributed by atoms with Crippen molar-refractivity contribution < 1.29 is 9.53 Å². The van der Waals surface area contributed by atoms with Crippen molar-refractivity contribution in [3.63, 3.8) is 0 Å². The number of allylic oxidation sites excluding steroid dienone is 2. The summed E-state index contributed by atoms with van der Waals surface area (Å²) >= 11 is 0. The summed E-state index contributed by atoms with van der Waals surface area (Å²) in [7, 11) is 0. The van der Waals surface area contributed by atoms with Crippen molar-refractivity contribution >= 4 is 5.97 Å². The maximum absolute atomic E-state index is 11.8. The summed E-state index contributed by atoms with van der Waals surface area (Å²) in [5.41, 5.74) is 0. The molecule has 0 amide bonds. The Balaban J connectivity index is 1.82. The minimum absolute atomic E-state index is 0.0304. The normalized spacial score (nSPS) is 23.3. The molecule has 0 radical (unpaired) electrons. The van der Waals surface area contributed by atoms with Crippen LogP contribution in [0.4, 0.5) is 0 Å². The van der Waals surface area contributed by atoms with Crippen LogP contribution in [0.3, 0.4) is 0 Å². The van der Waals surface area contributed by atoms with E-state index < -0.39 is 0 Å². The Labute approximate surface area is 91.7 Å². The second-order valence-corrected chi connectivity index (χ2v) is 4.67. The van der Waals surface area contributed by atoms with Gasteiger partial charge in [0, 0.05) is 6.42 Å². The monoisotopic (exact) mass is 208 g/mol. The number of rotatable bonds is 2. The molecule has 0 bridgehead atoms. The minimum Gasteiger partial charge on any atom is -0.431 e. The first kappa shape index (κ1) is 10.7. The highest BCUT2D eigenvalue weighted by atomic mass is 16.5. The first-order valence-electron chi connectivity index (χ1n) is 6.27. The molecule has 0 aromatic heterocycles. The van der Waals surface area contributed by atoms with Gasteiger partial charge in [-0.15, -0.1) is 0 Å². The topological polar surface area (TPSA) is 26.3 Å². The number of carbonyl (C=O) groups is 1. The highest BCUT2D eigenvalue weighted by Gasteiger charge is 2.23. The second-order valence-electron chi connectivity index (χ2n) is 4.67. The summed E-state index contributed by atoms with van der Waals surface area (Å²) in [4.78, 5) is 11.8. The fraction of sp³-hybridized carbons (Fsp3) is 0.769. The van der Waals surface area contributed by atoms with Crippen LogP contribution in [0.5, 0.6) is 0 Å². The van der Waals surface area contributed by atoms with E-state index in [1.54, 1.807) is 0 Å². The average molecular weight is 208 g/mol. The summed E-state index contributed by atoms with van der Waals surface area (Å²) < 4.78 is 5.45. The van der Waals surface area contributed by atoms with Crippen LogP contribution >= 0.6 is 0 Å². The molecule has 0 N–H and O–H groups in total.